The maximum absolute atomic E-state index is 11.9. The topological polar surface area (TPSA) is 84.1 Å². The predicted octanol–water partition coefficient (Wildman–Crippen LogP) is 1.79. The lowest BCUT2D eigenvalue weighted by Gasteiger charge is -2.06. The quantitative estimate of drug-likeness (QED) is 0.691. The molecule has 2 N–H and O–H groups in total. The molecule has 124 valence electrons. The highest BCUT2D eigenvalue weighted by Crippen LogP contribution is 2.07. The van der Waals surface area contributed by atoms with E-state index in [-0.39, 0.29) is 11.5 Å². The van der Waals surface area contributed by atoms with E-state index in [4.69, 9.17) is 4.74 Å². The summed E-state index contributed by atoms with van der Waals surface area (Å²) in [6.45, 7) is 3.94. The van der Waals surface area contributed by atoms with Crippen LogP contribution in [0, 0.1) is 0 Å². The Labute approximate surface area is 135 Å². The van der Waals surface area contributed by atoms with Gasteiger partial charge in [0, 0.05) is 32.6 Å². The maximum atomic E-state index is 11.9. The zero-order chi connectivity index (χ0) is 16.5. The van der Waals surface area contributed by atoms with Crippen molar-refractivity contribution in [3.8, 4) is 0 Å². The third kappa shape index (κ3) is 5.49. The van der Waals surface area contributed by atoms with Crippen LogP contribution < -0.4 is 10.9 Å². The largest absolute Gasteiger partial charge is 0.382 e. The highest BCUT2D eigenvalue weighted by atomic mass is 16.5. The van der Waals surface area contributed by atoms with Crippen LogP contribution in [0.25, 0.3) is 10.9 Å². The van der Waals surface area contributed by atoms with Gasteiger partial charge in [-0.25, -0.2) is 4.98 Å². The minimum Gasteiger partial charge on any atom is -0.382 e. The molecule has 0 fully saturated rings. The number of carbonyl (C=O) groups excluding carboxylic acids is 1. The second-order valence-electron chi connectivity index (χ2n) is 5.28. The first-order chi connectivity index (χ1) is 11.2. The van der Waals surface area contributed by atoms with E-state index in [0.29, 0.717) is 55.7 Å². The summed E-state index contributed by atoms with van der Waals surface area (Å²) in [5.74, 6) is 0.641. The number of fused-ring (bicyclic) bond motifs is 1. The second-order valence-corrected chi connectivity index (χ2v) is 5.28. The van der Waals surface area contributed by atoms with Gasteiger partial charge in [0.05, 0.1) is 10.9 Å². The summed E-state index contributed by atoms with van der Waals surface area (Å²) in [6.07, 6.45) is 2.47. The van der Waals surface area contributed by atoms with Crippen LogP contribution in [-0.4, -0.2) is 35.6 Å². The van der Waals surface area contributed by atoms with Gasteiger partial charge < -0.3 is 15.0 Å². The maximum Gasteiger partial charge on any atom is 0.258 e. The summed E-state index contributed by atoms with van der Waals surface area (Å²) in [6, 6.07) is 7.24. The normalized spacial score (nSPS) is 10.8. The second kappa shape index (κ2) is 9.05. The molecule has 0 spiro atoms. The Morgan fingerprint density at radius 3 is 2.96 bits per heavy atom. The van der Waals surface area contributed by atoms with Crippen LogP contribution in [0.4, 0.5) is 0 Å². The number of H-pyrrole nitrogens is 1. The smallest absolute Gasteiger partial charge is 0.258 e. The molecule has 2 aromatic rings. The molecule has 0 aliphatic heterocycles. The van der Waals surface area contributed by atoms with Crippen LogP contribution in [0.5, 0.6) is 0 Å². The molecular formula is C17H23N3O3. The molecule has 6 nitrogen and oxygen atoms in total. The molecule has 0 aliphatic carbocycles. The number of amides is 1. The van der Waals surface area contributed by atoms with Gasteiger partial charge in [0.15, 0.2) is 0 Å². The van der Waals surface area contributed by atoms with Crippen LogP contribution in [0.1, 0.15) is 32.0 Å². The van der Waals surface area contributed by atoms with Crippen LogP contribution in [0.3, 0.4) is 0 Å². The molecule has 23 heavy (non-hydrogen) atoms. The number of carbonyl (C=O) groups is 1. The molecule has 1 amide bonds. The van der Waals surface area contributed by atoms with E-state index in [9.17, 15) is 9.59 Å². The number of rotatable bonds is 9. The lowest BCUT2D eigenvalue weighted by molar-refractivity contribution is -0.121. The first-order valence-corrected chi connectivity index (χ1v) is 8.03. The number of aromatic amines is 1. The minimum atomic E-state index is -0.133. The van der Waals surface area contributed by atoms with Gasteiger partial charge in [-0.15, -0.1) is 0 Å². The molecule has 1 aromatic heterocycles. The van der Waals surface area contributed by atoms with Crippen molar-refractivity contribution in [1.29, 1.82) is 0 Å². The number of aromatic nitrogens is 2. The average Bonchev–Trinajstić information content (AvgIpc) is 2.55. The Hall–Kier alpha value is -2.21. The Morgan fingerprint density at radius 1 is 1.30 bits per heavy atom. The Bertz CT molecular complexity index is 697. The molecule has 0 radical (unpaired) electrons. The summed E-state index contributed by atoms with van der Waals surface area (Å²) in [5.41, 5.74) is 0.553. The first kappa shape index (κ1) is 17.1. The van der Waals surface area contributed by atoms with Gasteiger partial charge in [-0.2, -0.15) is 0 Å². The van der Waals surface area contributed by atoms with Gasteiger partial charge >= 0.3 is 0 Å². The van der Waals surface area contributed by atoms with E-state index in [2.05, 4.69) is 15.3 Å². The minimum absolute atomic E-state index is 0.0182. The standard InChI is InChI=1S/C17H23N3O3/c1-2-23-12-6-11-18-16(21)10-5-9-15-19-14-8-4-3-7-13(14)17(22)20-15/h3-4,7-8H,2,5-6,9-12H2,1H3,(H,18,21)(H,19,20,22). The fourth-order valence-corrected chi connectivity index (χ4v) is 2.30. The van der Waals surface area contributed by atoms with Crippen molar-refractivity contribution in [2.75, 3.05) is 19.8 Å². The van der Waals surface area contributed by atoms with Crippen molar-refractivity contribution in [2.45, 2.75) is 32.6 Å². The van der Waals surface area contributed by atoms with Gasteiger partial charge in [0.25, 0.3) is 5.56 Å². The molecule has 6 heteroatoms. The van der Waals surface area contributed by atoms with Crippen molar-refractivity contribution < 1.29 is 9.53 Å². The van der Waals surface area contributed by atoms with E-state index < -0.39 is 0 Å². The molecular weight excluding hydrogens is 294 g/mol. The van der Waals surface area contributed by atoms with Crippen molar-refractivity contribution in [2.24, 2.45) is 0 Å². The number of para-hydroxylation sites is 1. The van der Waals surface area contributed by atoms with Gasteiger partial charge in [-0.05, 0) is 31.9 Å². The molecule has 0 bridgehead atoms. The third-order valence-corrected chi connectivity index (χ3v) is 3.47. The lowest BCUT2D eigenvalue weighted by Crippen LogP contribution is -2.25. The molecule has 0 saturated carbocycles. The molecule has 0 atom stereocenters. The fourth-order valence-electron chi connectivity index (χ4n) is 2.30. The summed E-state index contributed by atoms with van der Waals surface area (Å²) in [7, 11) is 0. The number of benzene rings is 1. The number of aryl methyl sites for hydroxylation is 1. The average molecular weight is 317 g/mol. The zero-order valence-corrected chi connectivity index (χ0v) is 13.4. The van der Waals surface area contributed by atoms with E-state index in [1.807, 2.05) is 25.1 Å². The SMILES string of the molecule is CCOCCCNC(=O)CCCc1nc2ccccc2c(=O)[nH]1. The number of hydrogen-bond acceptors (Lipinski definition) is 4. The van der Waals surface area contributed by atoms with Crippen LogP contribution in [0.2, 0.25) is 0 Å². The number of hydrogen-bond donors (Lipinski definition) is 2. The Morgan fingerprint density at radius 2 is 2.13 bits per heavy atom. The van der Waals surface area contributed by atoms with Gasteiger partial charge in [-0.1, -0.05) is 12.1 Å². The summed E-state index contributed by atoms with van der Waals surface area (Å²) < 4.78 is 5.21. The third-order valence-electron chi connectivity index (χ3n) is 3.47. The summed E-state index contributed by atoms with van der Waals surface area (Å²) in [4.78, 5) is 30.8. The van der Waals surface area contributed by atoms with Gasteiger partial charge in [-0.3, -0.25) is 9.59 Å². The van der Waals surface area contributed by atoms with E-state index in [0.717, 1.165) is 6.42 Å². The van der Waals surface area contributed by atoms with E-state index in [1.165, 1.54) is 0 Å². The molecule has 2 rings (SSSR count). The lowest BCUT2D eigenvalue weighted by atomic mass is 10.2. The number of nitrogens with one attached hydrogen (secondary N) is 2. The highest BCUT2D eigenvalue weighted by molar-refractivity contribution is 5.77. The van der Waals surface area contributed by atoms with Crippen LogP contribution in [0.15, 0.2) is 29.1 Å². The number of ether oxygens (including phenoxy) is 1. The predicted molar refractivity (Wildman–Crippen MR) is 89.4 cm³/mol. The molecule has 0 saturated heterocycles. The molecule has 1 aromatic carbocycles. The van der Waals surface area contributed by atoms with Crippen molar-refractivity contribution in [3.05, 3.63) is 40.4 Å². The Kier molecular flexibility index (Phi) is 6.75. The summed E-state index contributed by atoms with van der Waals surface area (Å²) >= 11 is 0. The van der Waals surface area contributed by atoms with E-state index in [1.54, 1.807) is 6.07 Å². The van der Waals surface area contributed by atoms with Crippen LogP contribution >= 0.6 is 0 Å². The van der Waals surface area contributed by atoms with Crippen molar-refractivity contribution >= 4 is 16.8 Å². The van der Waals surface area contributed by atoms with Crippen molar-refractivity contribution in [1.82, 2.24) is 15.3 Å². The summed E-state index contributed by atoms with van der Waals surface area (Å²) in [5, 5.41) is 3.44. The molecule has 0 unspecified atom stereocenters. The number of nitrogens with zero attached hydrogens (tertiary/aromatic N) is 1. The zero-order valence-electron chi connectivity index (χ0n) is 13.4. The highest BCUT2D eigenvalue weighted by Gasteiger charge is 2.05. The first-order valence-electron chi connectivity index (χ1n) is 8.03. The Balaban J connectivity index is 1.76. The molecule has 1 heterocycles. The molecule has 0 aliphatic rings. The van der Waals surface area contributed by atoms with E-state index >= 15 is 0 Å². The van der Waals surface area contributed by atoms with Gasteiger partial charge in [0.1, 0.15) is 5.82 Å². The monoisotopic (exact) mass is 317 g/mol. The fraction of sp³-hybridized carbons (Fsp3) is 0.471. The van der Waals surface area contributed by atoms with Crippen LogP contribution in [-0.2, 0) is 16.0 Å². The van der Waals surface area contributed by atoms with Gasteiger partial charge in [0.2, 0.25) is 5.91 Å². The van der Waals surface area contributed by atoms with Crippen molar-refractivity contribution in [3.63, 3.8) is 0 Å².